The Morgan fingerprint density at radius 1 is 0.947 bits per heavy atom. The molecule has 0 N–H and O–H groups in total. The molecule has 0 bridgehead atoms. The first-order valence-corrected chi connectivity index (χ1v) is 6.74. The van der Waals surface area contributed by atoms with Crippen molar-refractivity contribution in [3.8, 4) is 0 Å². The highest BCUT2D eigenvalue weighted by molar-refractivity contribution is 5.77. The molecule has 0 aliphatic carbocycles. The lowest BCUT2D eigenvalue weighted by molar-refractivity contribution is 1.27. The third-order valence-corrected chi connectivity index (χ3v) is 3.80. The quantitative estimate of drug-likeness (QED) is 0.736. The van der Waals surface area contributed by atoms with Crippen LogP contribution in [-0.4, -0.2) is 12.6 Å². The van der Waals surface area contributed by atoms with Crippen LogP contribution in [0.2, 0.25) is 0 Å². The zero-order valence-corrected chi connectivity index (χ0v) is 11.6. The SMILES string of the molecule is C=C(c1ccc(C)cc1)C1CN1c1ccc(C)cc1. The van der Waals surface area contributed by atoms with Crippen LogP contribution >= 0.6 is 0 Å². The minimum atomic E-state index is 0.463. The summed E-state index contributed by atoms with van der Waals surface area (Å²) < 4.78 is 0. The zero-order chi connectivity index (χ0) is 13.4. The van der Waals surface area contributed by atoms with Gasteiger partial charge in [0.15, 0.2) is 0 Å². The molecule has 0 saturated carbocycles. The van der Waals surface area contributed by atoms with Gasteiger partial charge in [0.2, 0.25) is 0 Å². The van der Waals surface area contributed by atoms with E-state index in [0.717, 1.165) is 6.54 Å². The highest BCUT2D eigenvalue weighted by Gasteiger charge is 2.36. The van der Waals surface area contributed by atoms with Crippen LogP contribution in [0.1, 0.15) is 16.7 Å². The van der Waals surface area contributed by atoms with Gasteiger partial charge in [-0.3, -0.25) is 0 Å². The van der Waals surface area contributed by atoms with Gasteiger partial charge in [-0.25, -0.2) is 0 Å². The molecule has 1 heteroatoms. The van der Waals surface area contributed by atoms with Crippen LogP contribution in [0.4, 0.5) is 5.69 Å². The van der Waals surface area contributed by atoms with Crippen molar-refractivity contribution < 1.29 is 0 Å². The Labute approximate surface area is 115 Å². The second-order valence-electron chi connectivity index (χ2n) is 5.39. The maximum atomic E-state index is 4.27. The fourth-order valence-electron chi connectivity index (χ4n) is 2.42. The van der Waals surface area contributed by atoms with Crippen molar-refractivity contribution in [1.29, 1.82) is 0 Å². The van der Waals surface area contributed by atoms with Crippen molar-refractivity contribution >= 4 is 11.3 Å². The van der Waals surface area contributed by atoms with Gasteiger partial charge < -0.3 is 4.90 Å². The van der Waals surface area contributed by atoms with Crippen LogP contribution in [0.25, 0.3) is 5.57 Å². The first-order valence-electron chi connectivity index (χ1n) is 6.74. The molecule has 0 spiro atoms. The van der Waals surface area contributed by atoms with E-state index in [4.69, 9.17) is 0 Å². The van der Waals surface area contributed by atoms with E-state index in [1.54, 1.807) is 0 Å². The molecule has 1 atom stereocenters. The van der Waals surface area contributed by atoms with Gasteiger partial charge in [0.05, 0.1) is 6.04 Å². The summed E-state index contributed by atoms with van der Waals surface area (Å²) in [5, 5.41) is 0. The summed E-state index contributed by atoms with van der Waals surface area (Å²) in [6.45, 7) is 9.58. The molecule has 2 aromatic carbocycles. The average Bonchev–Trinajstić information content (AvgIpc) is 3.20. The first kappa shape index (κ1) is 12.0. The molecule has 1 unspecified atom stereocenters. The molecule has 1 aliphatic rings. The fourth-order valence-corrected chi connectivity index (χ4v) is 2.42. The zero-order valence-electron chi connectivity index (χ0n) is 11.6. The molecule has 0 radical (unpaired) electrons. The van der Waals surface area contributed by atoms with E-state index < -0.39 is 0 Å². The highest BCUT2D eigenvalue weighted by Crippen LogP contribution is 2.35. The van der Waals surface area contributed by atoms with Gasteiger partial charge in [-0.15, -0.1) is 0 Å². The van der Waals surface area contributed by atoms with Crippen molar-refractivity contribution in [3.63, 3.8) is 0 Å². The van der Waals surface area contributed by atoms with Crippen LogP contribution in [0.15, 0.2) is 55.1 Å². The molecule has 2 aromatic rings. The maximum absolute atomic E-state index is 4.27. The summed E-state index contributed by atoms with van der Waals surface area (Å²) in [5.41, 5.74) is 6.37. The Kier molecular flexibility index (Phi) is 2.90. The summed E-state index contributed by atoms with van der Waals surface area (Å²) in [4.78, 5) is 2.39. The molecule has 1 saturated heterocycles. The third-order valence-electron chi connectivity index (χ3n) is 3.80. The third kappa shape index (κ3) is 2.41. The van der Waals surface area contributed by atoms with Crippen molar-refractivity contribution in [2.45, 2.75) is 19.9 Å². The lowest BCUT2D eigenvalue weighted by Crippen LogP contribution is -2.01. The minimum absolute atomic E-state index is 0.463. The van der Waals surface area contributed by atoms with Crippen LogP contribution < -0.4 is 4.90 Å². The van der Waals surface area contributed by atoms with Crippen LogP contribution in [0, 0.1) is 13.8 Å². The second-order valence-corrected chi connectivity index (χ2v) is 5.39. The van der Waals surface area contributed by atoms with Crippen molar-refractivity contribution in [2.75, 3.05) is 11.4 Å². The number of nitrogens with zero attached hydrogens (tertiary/aromatic N) is 1. The maximum Gasteiger partial charge on any atom is 0.0718 e. The van der Waals surface area contributed by atoms with Gasteiger partial charge in [0.1, 0.15) is 0 Å². The van der Waals surface area contributed by atoms with E-state index in [9.17, 15) is 0 Å². The van der Waals surface area contributed by atoms with Gasteiger partial charge in [-0.2, -0.15) is 0 Å². The normalized spacial score (nSPS) is 17.4. The van der Waals surface area contributed by atoms with Gasteiger partial charge >= 0.3 is 0 Å². The molecule has 96 valence electrons. The molecule has 0 aromatic heterocycles. The highest BCUT2D eigenvalue weighted by atomic mass is 15.3. The molecule has 19 heavy (non-hydrogen) atoms. The molecule has 1 nitrogen and oxygen atoms in total. The van der Waals surface area contributed by atoms with Crippen molar-refractivity contribution in [2.24, 2.45) is 0 Å². The van der Waals surface area contributed by atoms with E-state index in [0.29, 0.717) is 6.04 Å². The van der Waals surface area contributed by atoms with Crippen molar-refractivity contribution in [1.82, 2.24) is 0 Å². The van der Waals surface area contributed by atoms with Gasteiger partial charge in [-0.05, 0) is 37.1 Å². The van der Waals surface area contributed by atoms with Gasteiger partial charge in [0, 0.05) is 12.2 Å². The van der Waals surface area contributed by atoms with Crippen LogP contribution in [-0.2, 0) is 0 Å². The Balaban J connectivity index is 1.74. The van der Waals surface area contributed by atoms with E-state index in [-0.39, 0.29) is 0 Å². The largest absolute Gasteiger partial charge is 0.360 e. The average molecular weight is 249 g/mol. The Bertz CT molecular complexity index is 593. The summed E-state index contributed by atoms with van der Waals surface area (Å²) in [6, 6.07) is 17.8. The second kappa shape index (κ2) is 4.58. The lowest BCUT2D eigenvalue weighted by atomic mass is 10.0. The van der Waals surface area contributed by atoms with Crippen LogP contribution in [0.3, 0.4) is 0 Å². The Morgan fingerprint density at radius 2 is 1.47 bits per heavy atom. The number of aryl methyl sites for hydroxylation is 2. The van der Waals surface area contributed by atoms with E-state index >= 15 is 0 Å². The van der Waals surface area contributed by atoms with Crippen LogP contribution in [0.5, 0.6) is 0 Å². The van der Waals surface area contributed by atoms with E-state index in [1.165, 1.54) is 28.0 Å². The molecular formula is C18H19N. The Hall–Kier alpha value is -2.02. The van der Waals surface area contributed by atoms with E-state index in [1.807, 2.05) is 0 Å². The fraction of sp³-hybridized carbons (Fsp3) is 0.222. The summed E-state index contributed by atoms with van der Waals surface area (Å²) in [6.07, 6.45) is 0. The number of hydrogen-bond acceptors (Lipinski definition) is 1. The molecule has 1 fully saturated rings. The molecule has 3 rings (SSSR count). The molecular weight excluding hydrogens is 230 g/mol. The summed E-state index contributed by atoms with van der Waals surface area (Å²) >= 11 is 0. The summed E-state index contributed by atoms with van der Waals surface area (Å²) in [7, 11) is 0. The lowest BCUT2D eigenvalue weighted by Gasteiger charge is -2.09. The van der Waals surface area contributed by atoms with Gasteiger partial charge in [0.25, 0.3) is 0 Å². The number of hydrogen-bond donors (Lipinski definition) is 0. The smallest absolute Gasteiger partial charge is 0.0718 e. The predicted octanol–water partition coefficient (Wildman–Crippen LogP) is 4.21. The number of benzene rings is 2. The number of anilines is 1. The molecule has 1 aliphatic heterocycles. The monoisotopic (exact) mass is 249 g/mol. The predicted molar refractivity (Wildman–Crippen MR) is 82.5 cm³/mol. The topological polar surface area (TPSA) is 3.01 Å². The first-order chi connectivity index (χ1) is 9.15. The minimum Gasteiger partial charge on any atom is -0.360 e. The van der Waals surface area contributed by atoms with Crippen molar-refractivity contribution in [3.05, 3.63) is 71.8 Å². The molecule has 1 heterocycles. The summed E-state index contributed by atoms with van der Waals surface area (Å²) in [5.74, 6) is 0. The molecule has 0 amide bonds. The standard InChI is InChI=1S/C18H19N/c1-13-4-8-16(9-5-13)15(3)18-12-19(18)17-10-6-14(2)7-11-17/h4-11,18H,3,12H2,1-2H3. The van der Waals surface area contributed by atoms with E-state index in [2.05, 4.69) is 73.9 Å². The van der Waals surface area contributed by atoms with Gasteiger partial charge in [-0.1, -0.05) is 54.1 Å². The Morgan fingerprint density at radius 3 is 2.05 bits per heavy atom. The number of rotatable bonds is 3.